The molecule has 1 unspecified atom stereocenters. The van der Waals surface area contributed by atoms with E-state index in [1.165, 1.54) is 23.0 Å². The van der Waals surface area contributed by atoms with Crippen LogP contribution < -0.4 is 0 Å². The number of aromatic hydroxyl groups is 1. The number of ether oxygens (including phenoxy) is 1. The number of aromatic nitrogens is 3. The molecule has 0 spiro atoms. The van der Waals surface area contributed by atoms with Gasteiger partial charge in [0, 0.05) is 0 Å². The standard InChI is InChI=1S/C11H9F2N3O2/c12-11(13)7-4-15-16(9-5-18-9)10(7)8-2-1-6(17)3-14-8/h1-4,9,11,17H,5H2. The maximum absolute atomic E-state index is 12.9. The van der Waals surface area contributed by atoms with Gasteiger partial charge in [-0.25, -0.2) is 13.5 Å². The Morgan fingerprint density at radius 1 is 1.39 bits per heavy atom. The molecule has 0 aromatic carbocycles. The largest absolute Gasteiger partial charge is 0.506 e. The molecule has 0 radical (unpaired) electrons. The zero-order chi connectivity index (χ0) is 12.7. The second-order valence-corrected chi connectivity index (χ2v) is 3.88. The fourth-order valence-corrected chi connectivity index (χ4v) is 1.73. The number of alkyl halides is 2. The van der Waals surface area contributed by atoms with E-state index in [9.17, 15) is 8.78 Å². The number of hydrogen-bond donors (Lipinski definition) is 1. The van der Waals surface area contributed by atoms with E-state index in [-0.39, 0.29) is 23.2 Å². The minimum absolute atomic E-state index is 0.0221. The van der Waals surface area contributed by atoms with Crippen molar-refractivity contribution in [3.05, 3.63) is 30.1 Å². The van der Waals surface area contributed by atoms with Gasteiger partial charge in [-0.2, -0.15) is 5.10 Å². The van der Waals surface area contributed by atoms with Crippen molar-refractivity contribution in [2.45, 2.75) is 12.7 Å². The van der Waals surface area contributed by atoms with Crippen molar-refractivity contribution in [2.75, 3.05) is 6.61 Å². The van der Waals surface area contributed by atoms with Crippen molar-refractivity contribution in [1.82, 2.24) is 14.8 Å². The van der Waals surface area contributed by atoms with E-state index in [4.69, 9.17) is 9.84 Å². The number of nitrogens with zero attached hydrogens (tertiary/aromatic N) is 3. The fraction of sp³-hybridized carbons (Fsp3) is 0.273. The molecule has 1 atom stereocenters. The van der Waals surface area contributed by atoms with E-state index in [1.807, 2.05) is 0 Å². The smallest absolute Gasteiger partial charge is 0.267 e. The molecule has 18 heavy (non-hydrogen) atoms. The molecule has 0 amide bonds. The van der Waals surface area contributed by atoms with Crippen LogP contribution in [0.4, 0.5) is 8.78 Å². The second kappa shape index (κ2) is 4.02. The van der Waals surface area contributed by atoms with Crippen LogP contribution in [0.25, 0.3) is 11.4 Å². The first-order valence-corrected chi connectivity index (χ1v) is 5.29. The van der Waals surface area contributed by atoms with Crippen molar-refractivity contribution in [2.24, 2.45) is 0 Å². The van der Waals surface area contributed by atoms with Crippen molar-refractivity contribution < 1.29 is 18.6 Å². The summed E-state index contributed by atoms with van der Waals surface area (Å²) >= 11 is 0. The highest BCUT2D eigenvalue weighted by Gasteiger charge is 2.32. The molecule has 1 N–H and O–H groups in total. The van der Waals surface area contributed by atoms with Crippen molar-refractivity contribution in [1.29, 1.82) is 0 Å². The SMILES string of the molecule is Oc1ccc(-c2c(C(F)F)cnn2C2CO2)nc1. The van der Waals surface area contributed by atoms with E-state index < -0.39 is 6.43 Å². The van der Waals surface area contributed by atoms with Gasteiger partial charge in [0.2, 0.25) is 0 Å². The van der Waals surface area contributed by atoms with Gasteiger partial charge in [0.1, 0.15) is 5.75 Å². The lowest BCUT2D eigenvalue weighted by Gasteiger charge is -2.06. The molecule has 0 bridgehead atoms. The van der Waals surface area contributed by atoms with E-state index in [1.54, 1.807) is 0 Å². The molecular weight excluding hydrogens is 244 g/mol. The number of halogens is 2. The minimum atomic E-state index is -2.64. The Labute approximate surface area is 101 Å². The summed E-state index contributed by atoms with van der Waals surface area (Å²) < 4.78 is 32.3. The van der Waals surface area contributed by atoms with Crippen molar-refractivity contribution >= 4 is 0 Å². The number of hydrogen-bond acceptors (Lipinski definition) is 4. The second-order valence-electron chi connectivity index (χ2n) is 3.88. The van der Waals surface area contributed by atoms with Gasteiger partial charge in [0.15, 0.2) is 6.23 Å². The summed E-state index contributed by atoms with van der Waals surface area (Å²) in [4.78, 5) is 3.93. The van der Waals surface area contributed by atoms with Gasteiger partial charge in [-0.1, -0.05) is 0 Å². The van der Waals surface area contributed by atoms with Gasteiger partial charge in [-0.3, -0.25) is 4.98 Å². The molecule has 5 nitrogen and oxygen atoms in total. The Morgan fingerprint density at radius 3 is 2.72 bits per heavy atom. The highest BCUT2D eigenvalue weighted by Crippen LogP contribution is 2.35. The highest BCUT2D eigenvalue weighted by molar-refractivity contribution is 5.60. The highest BCUT2D eigenvalue weighted by atomic mass is 19.3. The van der Waals surface area contributed by atoms with Crippen molar-refractivity contribution in [3.63, 3.8) is 0 Å². The van der Waals surface area contributed by atoms with Crippen LogP contribution in [0.15, 0.2) is 24.5 Å². The van der Waals surface area contributed by atoms with Crippen LogP contribution in [0.3, 0.4) is 0 Å². The first-order chi connectivity index (χ1) is 8.66. The van der Waals surface area contributed by atoms with E-state index >= 15 is 0 Å². The molecule has 1 saturated heterocycles. The lowest BCUT2D eigenvalue weighted by molar-refractivity contribution is 0.152. The van der Waals surface area contributed by atoms with Gasteiger partial charge in [-0.15, -0.1) is 0 Å². The van der Waals surface area contributed by atoms with Crippen LogP contribution >= 0.6 is 0 Å². The Morgan fingerprint density at radius 2 is 2.17 bits per heavy atom. The van der Waals surface area contributed by atoms with Crippen LogP contribution in [-0.2, 0) is 4.74 Å². The predicted octanol–water partition coefficient (Wildman–Crippen LogP) is 2.12. The van der Waals surface area contributed by atoms with Crippen LogP contribution in [0, 0.1) is 0 Å². The van der Waals surface area contributed by atoms with Crippen LogP contribution in [0.2, 0.25) is 0 Å². The molecular formula is C11H9F2N3O2. The third-order valence-electron chi connectivity index (χ3n) is 2.64. The molecule has 1 aliphatic rings. The molecule has 3 rings (SSSR count). The zero-order valence-corrected chi connectivity index (χ0v) is 9.12. The summed E-state index contributed by atoms with van der Waals surface area (Å²) in [5, 5.41) is 13.1. The van der Waals surface area contributed by atoms with Crippen LogP contribution in [-0.4, -0.2) is 26.5 Å². The lowest BCUT2D eigenvalue weighted by Crippen LogP contribution is -2.02. The Kier molecular flexibility index (Phi) is 2.48. The van der Waals surface area contributed by atoms with Crippen LogP contribution in [0.5, 0.6) is 5.75 Å². The molecule has 94 valence electrons. The summed E-state index contributed by atoms with van der Waals surface area (Å²) in [7, 11) is 0. The first-order valence-electron chi connectivity index (χ1n) is 5.29. The number of rotatable bonds is 3. The summed E-state index contributed by atoms with van der Waals surface area (Å²) in [6, 6.07) is 2.86. The normalized spacial score (nSPS) is 18.3. The summed E-state index contributed by atoms with van der Waals surface area (Å²) in [6.07, 6.45) is -0.613. The van der Waals surface area contributed by atoms with E-state index in [0.717, 1.165) is 6.20 Å². The van der Waals surface area contributed by atoms with Gasteiger partial charge >= 0.3 is 0 Å². The quantitative estimate of drug-likeness (QED) is 0.851. The molecule has 2 aromatic heterocycles. The number of epoxide rings is 1. The Hall–Kier alpha value is -2.02. The average molecular weight is 253 g/mol. The molecule has 1 fully saturated rings. The van der Waals surface area contributed by atoms with Gasteiger partial charge in [0.25, 0.3) is 6.43 Å². The summed E-state index contributed by atoms with van der Waals surface area (Å²) in [6.45, 7) is 0.454. The maximum atomic E-state index is 12.9. The lowest BCUT2D eigenvalue weighted by atomic mass is 10.2. The molecule has 3 heterocycles. The average Bonchev–Trinajstić information content (AvgIpc) is 3.09. The molecule has 2 aromatic rings. The molecule has 0 saturated carbocycles. The fourth-order valence-electron chi connectivity index (χ4n) is 1.73. The van der Waals surface area contributed by atoms with Gasteiger partial charge < -0.3 is 9.84 Å². The molecule has 1 aliphatic heterocycles. The third-order valence-corrected chi connectivity index (χ3v) is 2.64. The molecule has 7 heteroatoms. The summed E-state index contributed by atoms with van der Waals surface area (Å²) in [5.41, 5.74) is 0.368. The minimum Gasteiger partial charge on any atom is -0.506 e. The topological polar surface area (TPSA) is 63.5 Å². The third kappa shape index (κ3) is 1.82. The first kappa shape index (κ1) is 11.1. The van der Waals surface area contributed by atoms with Gasteiger partial charge in [0.05, 0.1) is 36.0 Å². The number of pyridine rings is 1. The van der Waals surface area contributed by atoms with Gasteiger partial charge in [-0.05, 0) is 12.1 Å². The van der Waals surface area contributed by atoms with Crippen LogP contribution in [0.1, 0.15) is 18.2 Å². The predicted molar refractivity (Wildman–Crippen MR) is 57.1 cm³/mol. The Balaban J connectivity index is 2.12. The zero-order valence-electron chi connectivity index (χ0n) is 9.12. The van der Waals surface area contributed by atoms with E-state index in [2.05, 4.69) is 10.1 Å². The monoisotopic (exact) mass is 253 g/mol. The maximum Gasteiger partial charge on any atom is 0.267 e. The van der Waals surface area contributed by atoms with E-state index in [0.29, 0.717) is 12.3 Å². The summed E-state index contributed by atoms with van der Waals surface area (Å²) in [5.74, 6) is -0.0221. The van der Waals surface area contributed by atoms with Crippen molar-refractivity contribution in [3.8, 4) is 17.1 Å². The Bertz CT molecular complexity index is 545. The molecule has 0 aliphatic carbocycles.